The first-order valence-corrected chi connectivity index (χ1v) is 11.7. The Morgan fingerprint density at radius 2 is 2.07 bits per heavy atom. The Kier molecular flexibility index (Phi) is 5.39. The van der Waals surface area contributed by atoms with Crippen LogP contribution in [0.25, 0.3) is 21.7 Å². The minimum absolute atomic E-state index is 0.304. The Balaban J connectivity index is 1.60. The van der Waals surface area contributed by atoms with Crippen LogP contribution in [-0.4, -0.2) is 68.3 Å². The number of aliphatic hydroxyl groups is 1. The van der Waals surface area contributed by atoms with E-state index in [9.17, 15) is 5.11 Å². The standard InChI is InChI=1S/C22H28N6OS/c1-14-12-27(13-15(2)29)9-10-28(14)21-19-16-5-3-4-6-18(16)30-22(19)26-20(25-21)17-11-23-7-8-24-17/h7-8,11,14-15,29H,3-6,9-10,12-13H2,1-2H3. The summed E-state index contributed by atoms with van der Waals surface area (Å²) in [7, 11) is 0. The number of β-amino-alcohol motifs (C(OH)–C–C–N with tert-alkyl or cyclic N) is 1. The van der Waals surface area contributed by atoms with Crippen LogP contribution in [0.15, 0.2) is 18.6 Å². The predicted octanol–water partition coefficient (Wildman–Crippen LogP) is 2.92. The van der Waals surface area contributed by atoms with Crippen LogP contribution >= 0.6 is 11.3 Å². The van der Waals surface area contributed by atoms with Crippen LogP contribution in [0.1, 0.15) is 37.1 Å². The Labute approximate surface area is 180 Å². The molecule has 2 atom stereocenters. The molecule has 0 saturated carbocycles. The number of hydrogen-bond acceptors (Lipinski definition) is 8. The minimum Gasteiger partial charge on any atom is -0.392 e. The molecule has 0 spiro atoms. The number of aliphatic hydroxyl groups excluding tert-OH is 1. The molecule has 1 saturated heterocycles. The number of aromatic nitrogens is 4. The van der Waals surface area contributed by atoms with Crippen LogP contribution in [-0.2, 0) is 12.8 Å². The fraction of sp³-hybridized carbons (Fsp3) is 0.545. The summed E-state index contributed by atoms with van der Waals surface area (Å²) < 4.78 is 0. The lowest BCUT2D eigenvalue weighted by molar-refractivity contribution is 0.114. The van der Waals surface area contributed by atoms with Crippen molar-refractivity contribution in [3.05, 3.63) is 29.0 Å². The maximum absolute atomic E-state index is 9.79. The maximum atomic E-state index is 9.79. The summed E-state index contributed by atoms with van der Waals surface area (Å²) in [4.78, 5) is 26.0. The summed E-state index contributed by atoms with van der Waals surface area (Å²) in [6, 6.07) is 0.310. The maximum Gasteiger partial charge on any atom is 0.183 e. The van der Waals surface area contributed by atoms with Crippen molar-refractivity contribution in [3.63, 3.8) is 0 Å². The monoisotopic (exact) mass is 424 g/mol. The van der Waals surface area contributed by atoms with Crippen LogP contribution in [0.3, 0.4) is 0 Å². The van der Waals surface area contributed by atoms with Gasteiger partial charge in [0, 0.05) is 49.5 Å². The van der Waals surface area contributed by atoms with Crippen LogP contribution < -0.4 is 4.90 Å². The van der Waals surface area contributed by atoms with E-state index in [1.807, 2.05) is 18.3 Å². The zero-order valence-electron chi connectivity index (χ0n) is 17.6. The largest absolute Gasteiger partial charge is 0.392 e. The summed E-state index contributed by atoms with van der Waals surface area (Å²) in [5.41, 5.74) is 2.17. The first kappa shape index (κ1) is 19.8. The van der Waals surface area contributed by atoms with Crippen molar-refractivity contribution >= 4 is 27.4 Å². The minimum atomic E-state index is -0.304. The molecule has 5 rings (SSSR count). The number of rotatable bonds is 4. The molecule has 1 aliphatic heterocycles. The third-order valence-electron chi connectivity index (χ3n) is 6.09. The van der Waals surface area contributed by atoms with E-state index in [-0.39, 0.29) is 6.10 Å². The van der Waals surface area contributed by atoms with Gasteiger partial charge in [-0.3, -0.25) is 9.88 Å². The van der Waals surface area contributed by atoms with E-state index < -0.39 is 0 Å². The lowest BCUT2D eigenvalue weighted by Crippen LogP contribution is -2.53. The van der Waals surface area contributed by atoms with Gasteiger partial charge in [-0.25, -0.2) is 15.0 Å². The second-order valence-corrected chi connectivity index (χ2v) is 9.59. The number of piperazine rings is 1. The van der Waals surface area contributed by atoms with Crippen molar-refractivity contribution in [2.75, 3.05) is 31.1 Å². The van der Waals surface area contributed by atoms with Crippen LogP contribution in [0, 0.1) is 0 Å². The highest BCUT2D eigenvalue weighted by molar-refractivity contribution is 7.19. The molecule has 0 aromatic carbocycles. The zero-order valence-corrected chi connectivity index (χ0v) is 18.4. The molecule has 3 aromatic heterocycles. The first-order chi connectivity index (χ1) is 14.6. The van der Waals surface area contributed by atoms with Crippen molar-refractivity contribution in [2.45, 2.75) is 51.7 Å². The summed E-state index contributed by atoms with van der Waals surface area (Å²) in [5, 5.41) is 11.0. The SMILES string of the molecule is CC(O)CN1CCN(c2nc(-c3cnccn3)nc3sc4c(c23)CCCC4)C(C)C1. The van der Waals surface area contributed by atoms with Gasteiger partial charge in [0.1, 0.15) is 16.3 Å². The summed E-state index contributed by atoms with van der Waals surface area (Å²) in [6.45, 7) is 7.57. The highest BCUT2D eigenvalue weighted by Gasteiger charge is 2.30. The molecule has 30 heavy (non-hydrogen) atoms. The zero-order chi connectivity index (χ0) is 20.7. The molecule has 7 nitrogen and oxygen atoms in total. The van der Waals surface area contributed by atoms with E-state index in [2.05, 4.69) is 26.7 Å². The van der Waals surface area contributed by atoms with Gasteiger partial charge in [-0.15, -0.1) is 11.3 Å². The first-order valence-electron chi connectivity index (χ1n) is 10.9. The normalized spacial score (nSPS) is 21.0. The third kappa shape index (κ3) is 3.68. The van der Waals surface area contributed by atoms with E-state index >= 15 is 0 Å². The molecular weight excluding hydrogens is 396 g/mol. The molecule has 158 valence electrons. The summed E-state index contributed by atoms with van der Waals surface area (Å²) >= 11 is 1.83. The second-order valence-electron chi connectivity index (χ2n) is 8.50. The topological polar surface area (TPSA) is 78.3 Å². The van der Waals surface area contributed by atoms with E-state index in [4.69, 9.17) is 9.97 Å². The average molecular weight is 425 g/mol. The van der Waals surface area contributed by atoms with E-state index in [1.54, 1.807) is 18.6 Å². The van der Waals surface area contributed by atoms with Crippen molar-refractivity contribution < 1.29 is 5.11 Å². The molecule has 0 bridgehead atoms. The number of thiophene rings is 1. The van der Waals surface area contributed by atoms with E-state index in [1.165, 1.54) is 28.7 Å². The van der Waals surface area contributed by atoms with Gasteiger partial charge >= 0.3 is 0 Å². The Bertz CT molecular complexity index is 1040. The fourth-order valence-corrected chi connectivity index (χ4v) is 6.02. The Morgan fingerprint density at radius 3 is 2.83 bits per heavy atom. The molecule has 2 aliphatic rings. The molecule has 1 aliphatic carbocycles. The molecule has 3 aromatic rings. The third-order valence-corrected chi connectivity index (χ3v) is 7.28. The molecule has 4 heterocycles. The van der Waals surface area contributed by atoms with Gasteiger partial charge < -0.3 is 10.0 Å². The summed E-state index contributed by atoms with van der Waals surface area (Å²) in [5.74, 6) is 1.70. The highest BCUT2D eigenvalue weighted by atomic mass is 32.1. The average Bonchev–Trinajstić information content (AvgIpc) is 3.12. The van der Waals surface area contributed by atoms with Gasteiger partial charge in [0.2, 0.25) is 0 Å². The Morgan fingerprint density at radius 1 is 1.20 bits per heavy atom. The van der Waals surface area contributed by atoms with Crippen molar-refractivity contribution in [1.29, 1.82) is 0 Å². The van der Waals surface area contributed by atoms with Gasteiger partial charge in [-0.1, -0.05) is 0 Å². The number of fused-ring (bicyclic) bond motifs is 3. The smallest absolute Gasteiger partial charge is 0.183 e. The number of anilines is 1. The van der Waals surface area contributed by atoms with Crippen LogP contribution in [0.5, 0.6) is 0 Å². The Hall–Kier alpha value is -2.16. The molecule has 0 radical (unpaired) electrons. The molecule has 2 unspecified atom stereocenters. The molecule has 1 fully saturated rings. The van der Waals surface area contributed by atoms with E-state index in [0.717, 1.165) is 49.7 Å². The molecule has 1 N–H and O–H groups in total. The van der Waals surface area contributed by atoms with Crippen LogP contribution in [0.4, 0.5) is 5.82 Å². The number of hydrogen-bond donors (Lipinski definition) is 1. The quantitative estimate of drug-likeness (QED) is 0.690. The van der Waals surface area contributed by atoms with E-state index in [0.29, 0.717) is 17.6 Å². The predicted molar refractivity (Wildman–Crippen MR) is 120 cm³/mol. The van der Waals surface area contributed by atoms with Gasteiger partial charge in [0.05, 0.1) is 17.7 Å². The van der Waals surface area contributed by atoms with Gasteiger partial charge in [0.15, 0.2) is 5.82 Å². The van der Waals surface area contributed by atoms with Crippen LogP contribution in [0.2, 0.25) is 0 Å². The van der Waals surface area contributed by atoms with Crippen molar-refractivity contribution in [1.82, 2.24) is 24.8 Å². The second kappa shape index (κ2) is 8.17. The van der Waals surface area contributed by atoms with Gasteiger partial charge in [0.25, 0.3) is 0 Å². The molecule has 8 heteroatoms. The lowest BCUT2D eigenvalue weighted by atomic mass is 9.96. The van der Waals surface area contributed by atoms with Crippen molar-refractivity contribution in [2.24, 2.45) is 0 Å². The van der Waals surface area contributed by atoms with Gasteiger partial charge in [-0.05, 0) is 45.1 Å². The fourth-order valence-electron chi connectivity index (χ4n) is 4.76. The summed E-state index contributed by atoms with van der Waals surface area (Å²) in [6.07, 6.45) is 9.57. The molecular formula is C22H28N6OS. The molecule has 0 amide bonds. The highest BCUT2D eigenvalue weighted by Crippen LogP contribution is 2.41. The van der Waals surface area contributed by atoms with Gasteiger partial charge in [-0.2, -0.15) is 0 Å². The number of aryl methyl sites for hydroxylation is 2. The number of nitrogens with zero attached hydrogens (tertiary/aromatic N) is 6. The van der Waals surface area contributed by atoms with Crippen molar-refractivity contribution in [3.8, 4) is 11.5 Å². The lowest BCUT2D eigenvalue weighted by Gasteiger charge is -2.41.